The first-order chi connectivity index (χ1) is 9.63. The van der Waals surface area contributed by atoms with Gasteiger partial charge in [-0.25, -0.2) is 0 Å². The van der Waals surface area contributed by atoms with E-state index in [-0.39, 0.29) is 11.4 Å². The Morgan fingerprint density at radius 3 is 2.35 bits per heavy atom. The van der Waals surface area contributed by atoms with Gasteiger partial charge >= 0.3 is 0 Å². The summed E-state index contributed by atoms with van der Waals surface area (Å²) in [6.45, 7) is 4.34. The van der Waals surface area contributed by atoms with Gasteiger partial charge in [-0.1, -0.05) is 36.4 Å². The summed E-state index contributed by atoms with van der Waals surface area (Å²) in [5.41, 5.74) is 7.80. The van der Waals surface area contributed by atoms with Gasteiger partial charge in [0.15, 0.2) is 0 Å². The summed E-state index contributed by atoms with van der Waals surface area (Å²) < 4.78 is 0. The lowest BCUT2D eigenvalue weighted by molar-refractivity contribution is 0.173. The molecule has 0 saturated carbocycles. The van der Waals surface area contributed by atoms with Crippen molar-refractivity contribution in [2.24, 2.45) is 0 Å². The van der Waals surface area contributed by atoms with Crippen LogP contribution < -0.4 is 0 Å². The molecule has 1 nitrogen and oxygen atoms in total. The van der Waals surface area contributed by atoms with Gasteiger partial charge in [-0.15, -0.1) is 0 Å². The van der Waals surface area contributed by atoms with Crippen molar-refractivity contribution in [3.8, 4) is 11.1 Å². The third-order valence-corrected chi connectivity index (χ3v) is 5.33. The lowest BCUT2D eigenvalue weighted by atomic mass is 9.90. The van der Waals surface area contributed by atoms with Crippen molar-refractivity contribution in [1.82, 2.24) is 0 Å². The molecule has 2 atom stereocenters. The molecule has 0 fully saturated rings. The van der Waals surface area contributed by atoms with E-state index in [0.717, 1.165) is 6.42 Å². The first-order valence-electron chi connectivity index (χ1n) is 7.02. The second-order valence-corrected chi connectivity index (χ2v) is 6.56. The maximum Gasteiger partial charge on any atom is 0.0740 e. The van der Waals surface area contributed by atoms with E-state index in [1.54, 1.807) is 11.8 Å². The maximum absolute atomic E-state index is 10.6. The Labute approximate surface area is 125 Å². The van der Waals surface area contributed by atoms with Crippen LogP contribution in [0.5, 0.6) is 0 Å². The maximum atomic E-state index is 10.6. The Morgan fingerprint density at radius 2 is 1.65 bits per heavy atom. The van der Waals surface area contributed by atoms with E-state index >= 15 is 0 Å². The Bertz CT molecular complexity index is 648. The van der Waals surface area contributed by atoms with Gasteiger partial charge < -0.3 is 5.11 Å². The Morgan fingerprint density at radius 1 is 1.00 bits per heavy atom. The molecule has 0 radical (unpaired) electrons. The first kappa shape index (κ1) is 13.7. The van der Waals surface area contributed by atoms with E-state index in [4.69, 9.17) is 0 Å². The summed E-state index contributed by atoms with van der Waals surface area (Å²) in [4.78, 5) is 0. The van der Waals surface area contributed by atoms with E-state index in [2.05, 4.69) is 56.5 Å². The molecule has 1 aliphatic carbocycles. The topological polar surface area (TPSA) is 20.2 Å². The van der Waals surface area contributed by atoms with E-state index in [9.17, 15) is 5.11 Å². The minimum Gasteiger partial charge on any atom is -0.391 e. The van der Waals surface area contributed by atoms with Crippen LogP contribution in [0.15, 0.2) is 36.4 Å². The predicted octanol–water partition coefficient (Wildman–Crippen LogP) is 4.29. The van der Waals surface area contributed by atoms with Crippen LogP contribution in [0.4, 0.5) is 0 Å². The van der Waals surface area contributed by atoms with Crippen LogP contribution in [0.2, 0.25) is 0 Å². The van der Waals surface area contributed by atoms with Gasteiger partial charge in [0, 0.05) is 6.42 Å². The van der Waals surface area contributed by atoms with Crippen LogP contribution in [-0.4, -0.2) is 17.5 Å². The molecular formula is C18H20OS. The standard InChI is InChI=1S/C18H20OS/c1-11-6-4-8-13-10-15(19)18(20-3)14-9-5-7-12(2)17(14)16(11)13/h4-9,15,18-19H,10H2,1-3H3. The largest absolute Gasteiger partial charge is 0.391 e. The molecule has 2 aromatic rings. The SMILES string of the molecule is CSC1c2cccc(C)c2-c2c(C)cccc2CC1O. The summed E-state index contributed by atoms with van der Waals surface area (Å²) >= 11 is 1.75. The minimum atomic E-state index is -0.325. The number of aryl methyl sites for hydroxylation is 2. The van der Waals surface area contributed by atoms with Crippen LogP contribution in [0, 0.1) is 13.8 Å². The number of benzene rings is 2. The zero-order chi connectivity index (χ0) is 14.3. The summed E-state index contributed by atoms with van der Waals surface area (Å²) in [5, 5.41) is 10.8. The van der Waals surface area contributed by atoms with E-state index in [0.29, 0.717) is 0 Å². The van der Waals surface area contributed by atoms with Gasteiger partial charge in [0.1, 0.15) is 0 Å². The highest BCUT2D eigenvalue weighted by atomic mass is 32.2. The van der Waals surface area contributed by atoms with Crippen LogP contribution in [0.25, 0.3) is 11.1 Å². The molecule has 1 aliphatic rings. The van der Waals surface area contributed by atoms with Crippen molar-refractivity contribution >= 4 is 11.8 Å². The molecule has 20 heavy (non-hydrogen) atoms. The molecule has 2 heteroatoms. The van der Waals surface area contributed by atoms with Crippen molar-refractivity contribution in [2.75, 3.05) is 6.26 Å². The molecule has 0 amide bonds. The summed E-state index contributed by atoms with van der Waals surface area (Å²) in [6, 6.07) is 12.9. The Hall–Kier alpha value is -1.25. The molecule has 2 aromatic carbocycles. The average molecular weight is 284 g/mol. The zero-order valence-electron chi connectivity index (χ0n) is 12.2. The van der Waals surface area contributed by atoms with E-state index in [1.807, 2.05) is 0 Å². The number of hydrogen-bond donors (Lipinski definition) is 1. The number of aliphatic hydroxyl groups excluding tert-OH is 1. The highest BCUT2D eigenvalue weighted by Gasteiger charge is 2.29. The molecule has 3 rings (SSSR count). The van der Waals surface area contributed by atoms with Gasteiger partial charge in [0.05, 0.1) is 11.4 Å². The van der Waals surface area contributed by atoms with Gasteiger partial charge in [-0.3, -0.25) is 0 Å². The Balaban J connectivity index is 2.37. The van der Waals surface area contributed by atoms with Gasteiger partial charge in [0.2, 0.25) is 0 Å². The highest BCUT2D eigenvalue weighted by molar-refractivity contribution is 7.98. The van der Waals surface area contributed by atoms with Crippen LogP contribution in [0.1, 0.15) is 27.5 Å². The number of rotatable bonds is 1. The molecule has 0 aromatic heterocycles. The second kappa shape index (κ2) is 5.27. The number of fused-ring (bicyclic) bond motifs is 3. The highest BCUT2D eigenvalue weighted by Crippen LogP contribution is 2.45. The molecule has 0 saturated heterocycles. The molecule has 0 spiro atoms. The molecule has 104 valence electrons. The fraction of sp³-hybridized carbons (Fsp3) is 0.333. The molecule has 0 heterocycles. The fourth-order valence-corrected chi connectivity index (χ4v) is 4.21. The smallest absolute Gasteiger partial charge is 0.0740 e. The van der Waals surface area contributed by atoms with Gasteiger partial charge in [0.25, 0.3) is 0 Å². The number of thioether (sulfide) groups is 1. The molecule has 2 unspecified atom stereocenters. The van der Waals surface area contributed by atoms with Gasteiger partial charge in [-0.05, 0) is 53.5 Å². The van der Waals surface area contributed by atoms with Crippen molar-refractivity contribution in [3.63, 3.8) is 0 Å². The third-order valence-electron chi connectivity index (χ3n) is 4.25. The third kappa shape index (κ3) is 2.07. The summed E-state index contributed by atoms with van der Waals surface area (Å²) in [6.07, 6.45) is 2.49. The van der Waals surface area contributed by atoms with Crippen LogP contribution in [0.3, 0.4) is 0 Å². The number of aliphatic hydroxyl groups is 1. The van der Waals surface area contributed by atoms with Crippen molar-refractivity contribution in [1.29, 1.82) is 0 Å². The van der Waals surface area contributed by atoms with Gasteiger partial charge in [-0.2, -0.15) is 11.8 Å². The lowest BCUT2D eigenvalue weighted by Gasteiger charge is -2.21. The Kier molecular flexibility index (Phi) is 3.61. The summed E-state index contributed by atoms with van der Waals surface area (Å²) in [5.74, 6) is 0. The van der Waals surface area contributed by atoms with Crippen molar-refractivity contribution in [3.05, 3.63) is 58.7 Å². The van der Waals surface area contributed by atoms with Crippen LogP contribution in [-0.2, 0) is 6.42 Å². The quantitative estimate of drug-likeness (QED) is 0.843. The molecular weight excluding hydrogens is 264 g/mol. The van der Waals surface area contributed by atoms with Crippen LogP contribution >= 0.6 is 11.8 Å². The fourth-order valence-electron chi connectivity index (χ4n) is 3.35. The molecule has 1 N–H and O–H groups in total. The predicted molar refractivity (Wildman–Crippen MR) is 87.3 cm³/mol. The van der Waals surface area contributed by atoms with Crippen molar-refractivity contribution < 1.29 is 5.11 Å². The lowest BCUT2D eigenvalue weighted by Crippen LogP contribution is -2.17. The minimum absolute atomic E-state index is 0.150. The monoisotopic (exact) mass is 284 g/mol. The van der Waals surface area contributed by atoms with E-state index < -0.39 is 0 Å². The average Bonchev–Trinajstić information content (AvgIpc) is 2.53. The molecule has 0 bridgehead atoms. The van der Waals surface area contributed by atoms with Crippen molar-refractivity contribution in [2.45, 2.75) is 31.6 Å². The molecule has 0 aliphatic heterocycles. The normalized spacial score (nSPS) is 21.0. The first-order valence-corrected chi connectivity index (χ1v) is 8.31. The zero-order valence-corrected chi connectivity index (χ0v) is 13.0. The van der Waals surface area contributed by atoms with E-state index in [1.165, 1.54) is 33.4 Å². The second-order valence-electron chi connectivity index (χ2n) is 5.58. The number of hydrogen-bond acceptors (Lipinski definition) is 2. The summed E-state index contributed by atoms with van der Waals surface area (Å²) in [7, 11) is 0.